The zero-order valence-corrected chi connectivity index (χ0v) is 31.7. The van der Waals surface area contributed by atoms with Crippen LogP contribution >= 0.6 is 0 Å². The molecule has 0 saturated carbocycles. The SMILES string of the molecule is CCCCCCc1cccc(O)c1Oc1cccc(S(=O)(=O)O)c1.CCCCCCc1cccc([O-])c1Oc1cccc(S(=O)(=O)[O-])c1.[Ca+2]. The Balaban J connectivity index is 0.000000333. The van der Waals surface area contributed by atoms with Gasteiger partial charge in [0.15, 0.2) is 11.5 Å². The van der Waals surface area contributed by atoms with E-state index in [2.05, 4.69) is 13.8 Å². The standard InChI is InChI=1S/2C18H22O5S.Ca/c2*1-2-3-4-5-8-14-9-6-12-17(19)18(14)23-15-10-7-11-16(13-15)24(20,21)22;/h2*6-7,9-13,19H,2-5,8H2,1H3,(H,20,21,22);/q;;+2/p-2. The summed E-state index contributed by atoms with van der Waals surface area (Å²) < 4.78 is 76.2. The molecule has 0 atom stereocenters. The molecule has 0 heterocycles. The van der Waals surface area contributed by atoms with Gasteiger partial charge in [-0.2, -0.15) is 8.42 Å². The second kappa shape index (κ2) is 20.7. The van der Waals surface area contributed by atoms with Gasteiger partial charge in [-0.15, -0.1) is 0 Å². The summed E-state index contributed by atoms with van der Waals surface area (Å²) in [7, 11) is -8.87. The molecule has 4 aromatic rings. The van der Waals surface area contributed by atoms with E-state index < -0.39 is 20.2 Å². The van der Waals surface area contributed by atoms with Gasteiger partial charge in [-0.3, -0.25) is 4.55 Å². The van der Waals surface area contributed by atoms with Crippen molar-refractivity contribution in [2.45, 2.75) is 87.8 Å². The first-order valence-corrected chi connectivity index (χ1v) is 18.8. The Morgan fingerprint density at radius 2 is 1.10 bits per heavy atom. The Bertz CT molecular complexity index is 1710. The number of rotatable bonds is 16. The number of hydrogen-bond donors (Lipinski definition) is 2. The number of ether oxygens (including phenoxy) is 2. The molecule has 0 amide bonds. The minimum atomic E-state index is -4.57. The van der Waals surface area contributed by atoms with Crippen molar-refractivity contribution in [1.29, 1.82) is 0 Å². The fraction of sp³-hybridized carbons (Fsp3) is 0.333. The first kappa shape index (κ1) is 42.3. The van der Waals surface area contributed by atoms with Gasteiger partial charge < -0.3 is 24.2 Å². The maximum atomic E-state index is 12.1. The van der Waals surface area contributed by atoms with Crippen LogP contribution in [-0.2, 0) is 33.1 Å². The first-order valence-electron chi connectivity index (χ1n) is 15.9. The van der Waals surface area contributed by atoms with Crippen LogP contribution in [0.3, 0.4) is 0 Å². The summed E-state index contributed by atoms with van der Waals surface area (Å²) in [5.74, 6) is 0.640. The molecule has 4 aromatic carbocycles. The number of phenolic OH excluding ortho intramolecular Hbond substituents is 1. The van der Waals surface area contributed by atoms with Crippen LogP contribution in [0.15, 0.2) is 94.7 Å². The maximum Gasteiger partial charge on any atom is 2.00 e. The Morgan fingerprint density at radius 1 is 0.633 bits per heavy atom. The molecule has 260 valence electrons. The molecule has 0 bridgehead atoms. The summed E-state index contributed by atoms with van der Waals surface area (Å²) in [4.78, 5) is -0.632. The largest absolute Gasteiger partial charge is 2.00 e. The fourth-order valence-electron chi connectivity index (χ4n) is 4.87. The van der Waals surface area contributed by atoms with Crippen molar-refractivity contribution in [2.75, 3.05) is 0 Å². The molecule has 0 saturated heterocycles. The van der Waals surface area contributed by atoms with E-state index in [0.717, 1.165) is 75.0 Å². The van der Waals surface area contributed by atoms with Crippen LogP contribution in [0.1, 0.15) is 76.3 Å². The molecule has 0 spiro atoms. The topological polar surface area (TPSA) is 173 Å². The quantitative estimate of drug-likeness (QED) is 0.0657. The minimum Gasteiger partial charge on any atom is -0.870 e. The Morgan fingerprint density at radius 3 is 1.63 bits per heavy atom. The molecule has 0 radical (unpaired) electrons. The van der Waals surface area contributed by atoms with E-state index in [1.54, 1.807) is 18.2 Å². The number of para-hydroxylation sites is 2. The van der Waals surface area contributed by atoms with Crippen molar-refractivity contribution in [2.24, 2.45) is 0 Å². The molecular weight excluding hydrogens is 697 g/mol. The van der Waals surface area contributed by atoms with Crippen LogP contribution < -0.4 is 14.6 Å². The van der Waals surface area contributed by atoms with Crippen LogP contribution in [-0.4, -0.2) is 68.8 Å². The third-order valence-electron chi connectivity index (χ3n) is 7.37. The van der Waals surface area contributed by atoms with Crippen molar-refractivity contribution in [3.05, 3.63) is 96.1 Å². The second-order valence-electron chi connectivity index (χ2n) is 11.2. The van der Waals surface area contributed by atoms with Crippen LogP contribution in [0.2, 0.25) is 0 Å². The van der Waals surface area contributed by atoms with E-state index >= 15 is 0 Å². The number of phenols is 1. The zero-order chi connectivity index (χ0) is 35.2. The molecule has 4 rings (SSSR count). The number of aromatic hydroxyl groups is 1. The predicted octanol–water partition coefficient (Wildman–Crippen LogP) is 7.75. The summed E-state index contributed by atoms with van der Waals surface area (Å²) in [6.07, 6.45) is 10.1. The van der Waals surface area contributed by atoms with Crippen LogP contribution in [0, 0.1) is 0 Å². The van der Waals surface area contributed by atoms with Gasteiger partial charge in [0.1, 0.15) is 27.4 Å². The van der Waals surface area contributed by atoms with E-state index in [1.807, 2.05) is 12.1 Å². The van der Waals surface area contributed by atoms with Crippen molar-refractivity contribution >= 4 is 58.0 Å². The molecule has 2 N–H and O–H groups in total. The summed E-state index contributed by atoms with van der Waals surface area (Å²) in [5, 5.41) is 22.2. The molecule has 0 aliphatic rings. The smallest absolute Gasteiger partial charge is 0.870 e. The third kappa shape index (κ3) is 14.1. The van der Waals surface area contributed by atoms with Crippen molar-refractivity contribution < 1.29 is 45.6 Å². The number of aryl methyl sites for hydroxylation is 2. The van der Waals surface area contributed by atoms with Gasteiger partial charge in [-0.25, -0.2) is 8.42 Å². The molecule has 10 nitrogen and oxygen atoms in total. The molecule has 0 aliphatic heterocycles. The molecule has 0 unspecified atom stereocenters. The number of benzene rings is 4. The third-order valence-corrected chi connectivity index (χ3v) is 9.05. The number of unbranched alkanes of at least 4 members (excludes halogenated alkanes) is 6. The summed E-state index contributed by atoms with van der Waals surface area (Å²) in [5.41, 5.74) is 1.65. The molecule has 0 fully saturated rings. The second-order valence-corrected chi connectivity index (χ2v) is 14.0. The minimum absolute atomic E-state index is 0. The van der Waals surface area contributed by atoms with E-state index in [1.165, 1.54) is 48.5 Å². The van der Waals surface area contributed by atoms with E-state index in [4.69, 9.17) is 14.0 Å². The van der Waals surface area contributed by atoms with Crippen LogP contribution in [0.25, 0.3) is 0 Å². The first-order chi connectivity index (χ1) is 22.8. The normalized spacial score (nSPS) is 11.2. The van der Waals surface area contributed by atoms with Crippen LogP contribution in [0.5, 0.6) is 34.5 Å². The van der Waals surface area contributed by atoms with Gasteiger partial charge in [-0.05, 0) is 73.2 Å². The van der Waals surface area contributed by atoms with Gasteiger partial charge in [0.05, 0.1) is 9.79 Å². The van der Waals surface area contributed by atoms with Gasteiger partial charge in [0, 0.05) is 6.07 Å². The van der Waals surface area contributed by atoms with Crippen molar-refractivity contribution in [3.63, 3.8) is 0 Å². The summed E-state index contributed by atoms with van der Waals surface area (Å²) in [6.45, 7) is 4.27. The average Bonchev–Trinajstić information content (AvgIpc) is 3.04. The Hall–Kier alpha value is -2.84. The van der Waals surface area contributed by atoms with E-state index in [-0.39, 0.29) is 76.3 Å². The van der Waals surface area contributed by atoms with Gasteiger partial charge in [0.2, 0.25) is 0 Å². The maximum absolute atomic E-state index is 12.1. The summed E-state index contributed by atoms with van der Waals surface area (Å²) in [6, 6.07) is 20.9. The van der Waals surface area contributed by atoms with E-state index in [9.17, 15) is 31.6 Å². The average molecular weight is 739 g/mol. The van der Waals surface area contributed by atoms with E-state index in [0.29, 0.717) is 12.2 Å². The van der Waals surface area contributed by atoms with Crippen molar-refractivity contribution in [1.82, 2.24) is 0 Å². The molecular formula is C36H42CaO10S2. The monoisotopic (exact) mass is 738 g/mol. The van der Waals surface area contributed by atoms with Gasteiger partial charge >= 0.3 is 37.7 Å². The van der Waals surface area contributed by atoms with Crippen molar-refractivity contribution in [3.8, 4) is 34.5 Å². The summed E-state index contributed by atoms with van der Waals surface area (Å²) >= 11 is 0. The molecule has 49 heavy (non-hydrogen) atoms. The Labute approximate surface area is 319 Å². The Kier molecular flexibility index (Phi) is 17.9. The van der Waals surface area contributed by atoms with Crippen LogP contribution in [0.4, 0.5) is 0 Å². The molecule has 0 aliphatic carbocycles. The zero-order valence-electron chi connectivity index (χ0n) is 27.8. The molecule has 13 heteroatoms. The predicted molar refractivity (Wildman–Crippen MR) is 186 cm³/mol. The van der Waals surface area contributed by atoms with Gasteiger partial charge in [0.25, 0.3) is 10.1 Å². The molecule has 0 aromatic heterocycles. The van der Waals surface area contributed by atoms with Gasteiger partial charge in [-0.1, -0.05) is 101 Å². The fourth-order valence-corrected chi connectivity index (χ4v) is 5.89. The number of hydrogen-bond acceptors (Lipinski definition) is 9.